The summed E-state index contributed by atoms with van der Waals surface area (Å²) in [4.78, 5) is 18.7. The maximum Gasteiger partial charge on any atom is 0.321 e. The second-order valence-corrected chi connectivity index (χ2v) is 7.41. The molecule has 4 rings (SSSR count). The van der Waals surface area contributed by atoms with Crippen LogP contribution in [-0.4, -0.2) is 43.1 Å². The number of guanidine groups is 1. The highest BCUT2D eigenvalue weighted by molar-refractivity contribution is 5.94. The summed E-state index contributed by atoms with van der Waals surface area (Å²) in [7, 11) is 0. The molecule has 0 aliphatic carbocycles. The first-order valence-corrected chi connectivity index (χ1v) is 10.0. The lowest BCUT2D eigenvalue weighted by molar-refractivity contribution is 0.182. The lowest BCUT2D eigenvalue weighted by Gasteiger charge is -2.32. The molecule has 0 unspecified atom stereocenters. The number of piperidine rings is 1. The van der Waals surface area contributed by atoms with Crippen LogP contribution in [0.15, 0.2) is 59.6 Å². The lowest BCUT2D eigenvalue weighted by Crippen LogP contribution is -2.41. The Morgan fingerprint density at radius 1 is 1.04 bits per heavy atom. The Morgan fingerprint density at radius 2 is 1.79 bits per heavy atom. The van der Waals surface area contributed by atoms with Gasteiger partial charge < -0.3 is 20.9 Å². The quantitative estimate of drug-likeness (QED) is 0.763. The molecule has 146 valence electrons. The summed E-state index contributed by atoms with van der Waals surface area (Å²) >= 11 is 0. The molecule has 2 amide bonds. The zero-order valence-electron chi connectivity index (χ0n) is 16.0. The Bertz CT molecular complexity index is 811. The molecule has 2 heterocycles. The van der Waals surface area contributed by atoms with Gasteiger partial charge in [0.15, 0.2) is 5.96 Å². The fourth-order valence-corrected chi connectivity index (χ4v) is 3.74. The van der Waals surface area contributed by atoms with Crippen molar-refractivity contribution in [2.45, 2.75) is 19.3 Å². The van der Waals surface area contributed by atoms with E-state index in [0.717, 1.165) is 62.8 Å². The molecule has 0 saturated carbocycles. The van der Waals surface area contributed by atoms with Gasteiger partial charge in [-0.3, -0.25) is 4.99 Å². The Balaban J connectivity index is 1.23. The van der Waals surface area contributed by atoms with E-state index >= 15 is 0 Å². The van der Waals surface area contributed by atoms with Crippen LogP contribution in [0, 0.1) is 5.92 Å². The van der Waals surface area contributed by atoms with Gasteiger partial charge in [-0.25, -0.2) is 4.79 Å². The van der Waals surface area contributed by atoms with E-state index in [9.17, 15) is 4.79 Å². The number of nitrogens with zero attached hydrogens (tertiary/aromatic N) is 2. The number of nitrogens with one attached hydrogen (secondary N) is 3. The van der Waals surface area contributed by atoms with E-state index in [2.05, 4.69) is 45.2 Å². The predicted molar refractivity (Wildman–Crippen MR) is 114 cm³/mol. The van der Waals surface area contributed by atoms with Crippen molar-refractivity contribution >= 4 is 23.4 Å². The number of likely N-dealkylation sites (tertiary alicyclic amines) is 1. The molecule has 28 heavy (non-hydrogen) atoms. The number of carbonyl (C=O) groups is 1. The van der Waals surface area contributed by atoms with Crippen LogP contribution in [0.2, 0.25) is 0 Å². The number of aliphatic imine (C=N–C) groups is 1. The topological polar surface area (TPSA) is 68.8 Å². The molecule has 0 spiro atoms. The molecule has 0 atom stereocenters. The van der Waals surface area contributed by atoms with Crippen molar-refractivity contribution in [1.82, 2.24) is 10.2 Å². The van der Waals surface area contributed by atoms with E-state index in [1.807, 2.05) is 35.2 Å². The van der Waals surface area contributed by atoms with Crippen LogP contribution in [0.5, 0.6) is 0 Å². The van der Waals surface area contributed by atoms with Crippen LogP contribution >= 0.6 is 0 Å². The molecule has 6 nitrogen and oxygen atoms in total. The van der Waals surface area contributed by atoms with Gasteiger partial charge >= 0.3 is 6.03 Å². The predicted octanol–water partition coefficient (Wildman–Crippen LogP) is 3.54. The minimum Gasteiger partial charge on any atom is -0.354 e. The molecule has 0 bridgehead atoms. The van der Waals surface area contributed by atoms with E-state index < -0.39 is 0 Å². The average molecular weight is 377 g/mol. The molecule has 6 heteroatoms. The summed E-state index contributed by atoms with van der Waals surface area (Å²) in [6.45, 7) is 3.37. The summed E-state index contributed by atoms with van der Waals surface area (Å²) < 4.78 is 0. The molecule has 1 saturated heterocycles. The third kappa shape index (κ3) is 4.82. The zero-order valence-corrected chi connectivity index (χ0v) is 16.0. The van der Waals surface area contributed by atoms with Gasteiger partial charge in [0.05, 0.1) is 6.54 Å². The number of carbonyl (C=O) groups excluding carboxylic acids is 1. The minimum atomic E-state index is 0.00325. The van der Waals surface area contributed by atoms with E-state index in [0.29, 0.717) is 5.92 Å². The van der Waals surface area contributed by atoms with Gasteiger partial charge in [-0.2, -0.15) is 0 Å². The Morgan fingerprint density at radius 3 is 2.46 bits per heavy atom. The normalized spacial score (nSPS) is 17.0. The number of rotatable bonds is 4. The number of anilines is 2. The number of urea groups is 1. The van der Waals surface area contributed by atoms with Gasteiger partial charge in [0.1, 0.15) is 0 Å². The maximum absolute atomic E-state index is 12.4. The molecule has 2 aromatic carbocycles. The van der Waals surface area contributed by atoms with Gasteiger partial charge in [0.25, 0.3) is 0 Å². The van der Waals surface area contributed by atoms with Crippen molar-refractivity contribution in [2.24, 2.45) is 10.9 Å². The monoisotopic (exact) mass is 377 g/mol. The van der Waals surface area contributed by atoms with Crippen LogP contribution < -0.4 is 16.0 Å². The van der Waals surface area contributed by atoms with Crippen molar-refractivity contribution in [3.8, 4) is 0 Å². The maximum atomic E-state index is 12.4. The minimum absolute atomic E-state index is 0.00325. The number of hydrogen-bond donors (Lipinski definition) is 3. The van der Waals surface area contributed by atoms with E-state index in [1.54, 1.807) is 0 Å². The SMILES string of the molecule is O=C(Nc1ccccc1)N1CCC(Cc2ccc(NC3=NCCN3)cc2)CC1. The lowest BCUT2D eigenvalue weighted by atomic mass is 9.90. The first-order valence-electron chi connectivity index (χ1n) is 10.0. The highest BCUT2D eigenvalue weighted by Gasteiger charge is 2.23. The Labute approximate surface area is 166 Å². The molecule has 2 aliphatic heterocycles. The van der Waals surface area contributed by atoms with Crippen molar-refractivity contribution in [3.05, 3.63) is 60.2 Å². The molecule has 3 N–H and O–H groups in total. The largest absolute Gasteiger partial charge is 0.354 e. The third-order valence-electron chi connectivity index (χ3n) is 5.34. The molecule has 2 aromatic rings. The fraction of sp³-hybridized carbons (Fsp3) is 0.364. The third-order valence-corrected chi connectivity index (χ3v) is 5.34. The smallest absolute Gasteiger partial charge is 0.321 e. The van der Waals surface area contributed by atoms with Gasteiger partial charge in [0, 0.05) is 31.0 Å². The van der Waals surface area contributed by atoms with Gasteiger partial charge in [-0.15, -0.1) is 0 Å². The zero-order chi connectivity index (χ0) is 19.2. The van der Waals surface area contributed by atoms with Crippen LogP contribution in [0.25, 0.3) is 0 Å². The van der Waals surface area contributed by atoms with Crippen molar-refractivity contribution in [2.75, 3.05) is 36.8 Å². The standard InChI is InChI=1S/C22H27N5O/c28-22(26-19-4-2-1-3-5-19)27-14-10-18(11-15-27)16-17-6-8-20(9-7-17)25-21-23-12-13-24-21/h1-9,18H,10-16H2,(H,26,28)(H2,23,24,25). The van der Waals surface area contributed by atoms with Crippen molar-refractivity contribution in [1.29, 1.82) is 0 Å². The van der Waals surface area contributed by atoms with E-state index in [4.69, 9.17) is 0 Å². The first kappa shape index (κ1) is 18.3. The summed E-state index contributed by atoms with van der Waals surface area (Å²) in [6, 6.07) is 18.2. The summed E-state index contributed by atoms with van der Waals surface area (Å²) in [5, 5.41) is 9.49. The molecular formula is C22H27N5O. The number of para-hydroxylation sites is 1. The van der Waals surface area contributed by atoms with Gasteiger partial charge in [-0.05, 0) is 55.0 Å². The number of hydrogen-bond acceptors (Lipinski definition) is 4. The van der Waals surface area contributed by atoms with Gasteiger partial charge in [0.2, 0.25) is 0 Å². The molecule has 0 radical (unpaired) electrons. The van der Waals surface area contributed by atoms with Crippen LogP contribution in [0.4, 0.5) is 16.2 Å². The highest BCUT2D eigenvalue weighted by atomic mass is 16.2. The Kier molecular flexibility index (Phi) is 5.75. The Hall–Kier alpha value is -3.02. The van der Waals surface area contributed by atoms with Crippen LogP contribution in [0.3, 0.4) is 0 Å². The van der Waals surface area contributed by atoms with E-state index in [1.165, 1.54) is 5.56 Å². The second kappa shape index (κ2) is 8.78. The van der Waals surface area contributed by atoms with Crippen LogP contribution in [0.1, 0.15) is 18.4 Å². The number of benzene rings is 2. The molecular weight excluding hydrogens is 350 g/mol. The summed E-state index contributed by atoms with van der Waals surface area (Å²) in [5.74, 6) is 1.48. The molecule has 1 fully saturated rings. The molecule has 0 aromatic heterocycles. The highest BCUT2D eigenvalue weighted by Crippen LogP contribution is 2.23. The number of amides is 2. The summed E-state index contributed by atoms with van der Waals surface area (Å²) in [6.07, 6.45) is 3.15. The summed E-state index contributed by atoms with van der Waals surface area (Å²) in [5.41, 5.74) is 3.26. The second-order valence-electron chi connectivity index (χ2n) is 7.41. The van der Waals surface area contributed by atoms with Crippen molar-refractivity contribution in [3.63, 3.8) is 0 Å². The van der Waals surface area contributed by atoms with Crippen molar-refractivity contribution < 1.29 is 4.79 Å². The molecule has 2 aliphatic rings. The van der Waals surface area contributed by atoms with Gasteiger partial charge in [-0.1, -0.05) is 30.3 Å². The first-order chi connectivity index (χ1) is 13.8. The van der Waals surface area contributed by atoms with Crippen LogP contribution in [-0.2, 0) is 6.42 Å². The fourth-order valence-electron chi connectivity index (χ4n) is 3.74. The van der Waals surface area contributed by atoms with E-state index in [-0.39, 0.29) is 6.03 Å². The average Bonchev–Trinajstić information content (AvgIpc) is 3.24.